The molecule has 0 bridgehead atoms. The number of aromatic nitrogens is 2. The number of rotatable bonds is 2. The number of halogens is 2. The summed E-state index contributed by atoms with van der Waals surface area (Å²) in [5, 5.41) is 0.951. The Hall–Kier alpha value is -1.85. The Kier molecular flexibility index (Phi) is 3.87. The summed E-state index contributed by atoms with van der Waals surface area (Å²) in [5.74, 6) is 0. The van der Waals surface area contributed by atoms with Crippen LogP contribution in [0, 0.1) is 0 Å². The fraction of sp³-hybridized carbons (Fsp3) is 0.0833. The molecule has 1 heterocycles. The first kappa shape index (κ1) is 13.6. The second-order valence-electron chi connectivity index (χ2n) is 3.85. The maximum Gasteiger partial charge on any atom is 0.328 e. The lowest BCUT2D eigenvalue weighted by molar-refractivity contribution is 0.800. The molecule has 7 heteroatoms. The molecule has 1 aromatic carbocycles. The van der Waals surface area contributed by atoms with E-state index in [-0.39, 0.29) is 5.69 Å². The monoisotopic (exact) mass is 297 g/mol. The summed E-state index contributed by atoms with van der Waals surface area (Å²) in [5.41, 5.74) is -0.258. The first-order chi connectivity index (χ1) is 8.95. The topological polar surface area (TPSA) is 67.2 Å². The van der Waals surface area contributed by atoms with Crippen LogP contribution in [0.1, 0.15) is 5.56 Å². The molecule has 0 spiro atoms. The standard InChI is InChI=1S/C12H9Cl2N3O2/c1-17-6-10(11(18)16-12(17)19)15-5-7-2-8(13)4-9(14)3-7/h2-6H,1H3,(H,16,18,19). The highest BCUT2D eigenvalue weighted by molar-refractivity contribution is 6.35. The van der Waals surface area contributed by atoms with E-state index in [0.29, 0.717) is 15.6 Å². The highest BCUT2D eigenvalue weighted by atomic mass is 35.5. The Balaban J connectivity index is 2.40. The molecule has 1 aromatic heterocycles. The van der Waals surface area contributed by atoms with E-state index < -0.39 is 11.2 Å². The van der Waals surface area contributed by atoms with Crippen LogP contribution in [0.2, 0.25) is 10.0 Å². The molecule has 0 amide bonds. The second-order valence-corrected chi connectivity index (χ2v) is 4.72. The smallest absolute Gasteiger partial charge is 0.301 e. The molecule has 0 saturated carbocycles. The predicted molar refractivity (Wildman–Crippen MR) is 76.0 cm³/mol. The van der Waals surface area contributed by atoms with E-state index >= 15 is 0 Å². The van der Waals surface area contributed by atoms with Crippen molar-refractivity contribution in [3.05, 3.63) is 60.8 Å². The number of aliphatic imine (C=N–C) groups is 1. The zero-order valence-corrected chi connectivity index (χ0v) is 11.4. The molecule has 5 nitrogen and oxygen atoms in total. The zero-order chi connectivity index (χ0) is 14.0. The van der Waals surface area contributed by atoms with Crippen LogP contribution in [0.3, 0.4) is 0 Å². The van der Waals surface area contributed by atoms with Crippen molar-refractivity contribution in [2.75, 3.05) is 0 Å². The molecule has 0 fully saturated rings. The van der Waals surface area contributed by atoms with Crippen LogP contribution >= 0.6 is 23.2 Å². The van der Waals surface area contributed by atoms with Gasteiger partial charge in [-0.2, -0.15) is 0 Å². The third kappa shape index (κ3) is 3.33. The van der Waals surface area contributed by atoms with Crippen molar-refractivity contribution in [1.82, 2.24) is 9.55 Å². The Morgan fingerprint density at radius 3 is 2.47 bits per heavy atom. The molecule has 2 aromatic rings. The third-order valence-corrected chi connectivity index (χ3v) is 2.76. The van der Waals surface area contributed by atoms with Crippen LogP contribution in [0.5, 0.6) is 0 Å². The van der Waals surface area contributed by atoms with Gasteiger partial charge in [-0.3, -0.25) is 9.78 Å². The minimum absolute atomic E-state index is 0.123. The van der Waals surface area contributed by atoms with Gasteiger partial charge in [0, 0.05) is 29.5 Å². The number of aryl methyl sites for hydroxylation is 1. The number of nitrogens with one attached hydrogen (secondary N) is 1. The SMILES string of the molecule is Cn1cc(N=Cc2cc(Cl)cc(Cl)c2)c(=O)[nH]c1=O. The van der Waals surface area contributed by atoms with Gasteiger partial charge in [0.2, 0.25) is 0 Å². The van der Waals surface area contributed by atoms with Crippen LogP contribution in [0.15, 0.2) is 39.0 Å². The largest absolute Gasteiger partial charge is 0.328 e. The summed E-state index contributed by atoms with van der Waals surface area (Å²) in [4.78, 5) is 28.9. The van der Waals surface area contributed by atoms with Crippen LogP contribution in [0.25, 0.3) is 0 Å². The maximum absolute atomic E-state index is 11.5. The van der Waals surface area contributed by atoms with Gasteiger partial charge in [0.15, 0.2) is 0 Å². The highest BCUT2D eigenvalue weighted by Gasteiger charge is 2.00. The van der Waals surface area contributed by atoms with Crippen molar-refractivity contribution in [3.63, 3.8) is 0 Å². The molecule has 0 unspecified atom stereocenters. The van der Waals surface area contributed by atoms with Gasteiger partial charge < -0.3 is 4.57 Å². The Morgan fingerprint density at radius 2 is 1.84 bits per heavy atom. The molecule has 0 aliphatic heterocycles. The number of nitrogens with zero attached hydrogens (tertiary/aromatic N) is 2. The Morgan fingerprint density at radius 1 is 1.21 bits per heavy atom. The average Bonchev–Trinajstić information content (AvgIpc) is 2.31. The van der Waals surface area contributed by atoms with Gasteiger partial charge in [-0.25, -0.2) is 9.79 Å². The quantitative estimate of drug-likeness (QED) is 0.863. The van der Waals surface area contributed by atoms with Gasteiger partial charge >= 0.3 is 5.69 Å². The van der Waals surface area contributed by atoms with Crippen molar-refractivity contribution in [2.45, 2.75) is 0 Å². The first-order valence-corrected chi connectivity index (χ1v) is 6.01. The summed E-state index contributed by atoms with van der Waals surface area (Å²) in [6, 6.07) is 4.92. The number of H-pyrrole nitrogens is 1. The Labute approximate surface area is 118 Å². The van der Waals surface area contributed by atoms with E-state index in [1.807, 2.05) is 0 Å². The van der Waals surface area contributed by atoms with Gasteiger partial charge in [0.25, 0.3) is 5.56 Å². The van der Waals surface area contributed by atoms with Crippen molar-refractivity contribution in [1.29, 1.82) is 0 Å². The second kappa shape index (κ2) is 5.42. The van der Waals surface area contributed by atoms with E-state index in [4.69, 9.17) is 23.2 Å². The highest BCUT2D eigenvalue weighted by Crippen LogP contribution is 2.18. The van der Waals surface area contributed by atoms with E-state index in [1.54, 1.807) is 18.2 Å². The summed E-state index contributed by atoms with van der Waals surface area (Å²) in [6.45, 7) is 0. The minimum Gasteiger partial charge on any atom is -0.301 e. The van der Waals surface area contributed by atoms with E-state index in [1.165, 1.54) is 24.0 Å². The van der Waals surface area contributed by atoms with Gasteiger partial charge in [-0.15, -0.1) is 0 Å². The van der Waals surface area contributed by atoms with Gasteiger partial charge in [0.05, 0.1) is 0 Å². The molecular formula is C12H9Cl2N3O2. The lowest BCUT2D eigenvalue weighted by Crippen LogP contribution is -2.27. The number of hydrogen-bond acceptors (Lipinski definition) is 3. The third-order valence-electron chi connectivity index (χ3n) is 2.33. The van der Waals surface area contributed by atoms with Crippen LogP contribution in [-0.4, -0.2) is 15.8 Å². The fourth-order valence-corrected chi connectivity index (χ4v) is 1.98. The lowest BCUT2D eigenvalue weighted by atomic mass is 10.2. The summed E-state index contributed by atoms with van der Waals surface area (Å²) >= 11 is 11.7. The molecule has 0 atom stereocenters. The van der Waals surface area contributed by atoms with Crippen molar-refractivity contribution in [2.24, 2.45) is 12.0 Å². The molecule has 0 radical (unpaired) electrons. The first-order valence-electron chi connectivity index (χ1n) is 5.26. The molecular weight excluding hydrogens is 289 g/mol. The summed E-state index contributed by atoms with van der Waals surface area (Å²) < 4.78 is 1.24. The van der Waals surface area contributed by atoms with Crippen molar-refractivity contribution >= 4 is 35.1 Å². The predicted octanol–water partition coefficient (Wildman–Crippen LogP) is 2.13. The zero-order valence-electron chi connectivity index (χ0n) is 9.85. The van der Waals surface area contributed by atoms with E-state index in [9.17, 15) is 9.59 Å². The number of hydrogen-bond donors (Lipinski definition) is 1. The van der Waals surface area contributed by atoms with E-state index in [0.717, 1.165) is 0 Å². The van der Waals surface area contributed by atoms with Crippen molar-refractivity contribution in [3.8, 4) is 0 Å². The van der Waals surface area contributed by atoms with Crippen LogP contribution < -0.4 is 11.2 Å². The molecule has 98 valence electrons. The molecule has 19 heavy (non-hydrogen) atoms. The minimum atomic E-state index is -0.549. The van der Waals surface area contributed by atoms with Gasteiger partial charge in [-0.1, -0.05) is 23.2 Å². The number of benzene rings is 1. The molecule has 2 rings (SSSR count). The molecule has 0 aliphatic rings. The lowest BCUT2D eigenvalue weighted by Gasteiger charge is -1.98. The Bertz CT molecular complexity index is 742. The van der Waals surface area contributed by atoms with Crippen LogP contribution in [0.4, 0.5) is 5.69 Å². The average molecular weight is 298 g/mol. The van der Waals surface area contributed by atoms with E-state index in [2.05, 4.69) is 9.98 Å². The molecule has 0 aliphatic carbocycles. The van der Waals surface area contributed by atoms with Crippen LogP contribution in [-0.2, 0) is 7.05 Å². The maximum atomic E-state index is 11.5. The molecule has 0 saturated heterocycles. The van der Waals surface area contributed by atoms with Gasteiger partial charge in [-0.05, 0) is 23.8 Å². The molecule has 1 N–H and O–H groups in total. The summed E-state index contributed by atoms with van der Waals surface area (Å²) in [7, 11) is 1.52. The van der Waals surface area contributed by atoms with Crippen molar-refractivity contribution < 1.29 is 0 Å². The number of aromatic amines is 1. The van der Waals surface area contributed by atoms with Gasteiger partial charge in [0.1, 0.15) is 5.69 Å². The normalized spacial score (nSPS) is 11.1. The fourth-order valence-electron chi connectivity index (χ4n) is 1.44. The summed E-state index contributed by atoms with van der Waals surface area (Å²) in [6.07, 6.45) is 2.80.